The molecular formula is C21H23N3O6S. The van der Waals surface area contributed by atoms with Crippen molar-refractivity contribution in [3.8, 4) is 11.5 Å². The van der Waals surface area contributed by atoms with Crippen molar-refractivity contribution in [2.45, 2.75) is 24.2 Å². The summed E-state index contributed by atoms with van der Waals surface area (Å²) in [7, 11) is -3.92. The zero-order chi connectivity index (χ0) is 21.8. The van der Waals surface area contributed by atoms with Crippen LogP contribution in [0.3, 0.4) is 0 Å². The first-order valence-corrected chi connectivity index (χ1v) is 11.5. The van der Waals surface area contributed by atoms with Crippen molar-refractivity contribution in [2.24, 2.45) is 0 Å². The number of nitrogens with zero attached hydrogens (tertiary/aromatic N) is 1. The first-order valence-electron chi connectivity index (χ1n) is 10.0. The van der Waals surface area contributed by atoms with Gasteiger partial charge in [-0.3, -0.25) is 14.3 Å². The summed E-state index contributed by atoms with van der Waals surface area (Å²) >= 11 is 0. The molecule has 10 heteroatoms. The maximum Gasteiger partial charge on any atom is 0.261 e. The average Bonchev–Trinajstić information content (AvgIpc) is 3.45. The van der Waals surface area contributed by atoms with Gasteiger partial charge in [0.25, 0.3) is 15.9 Å². The Kier molecular flexibility index (Phi) is 5.99. The van der Waals surface area contributed by atoms with E-state index in [0.29, 0.717) is 17.2 Å². The molecular weight excluding hydrogens is 422 g/mol. The number of ether oxygens (including phenoxy) is 2. The lowest BCUT2D eigenvalue weighted by Gasteiger charge is -2.15. The van der Waals surface area contributed by atoms with Gasteiger partial charge in [0.15, 0.2) is 11.5 Å². The van der Waals surface area contributed by atoms with Crippen LogP contribution in [0.5, 0.6) is 11.5 Å². The smallest absolute Gasteiger partial charge is 0.261 e. The van der Waals surface area contributed by atoms with Crippen molar-refractivity contribution in [2.75, 3.05) is 31.1 Å². The van der Waals surface area contributed by atoms with Crippen LogP contribution in [-0.2, 0) is 14.8 Å². The van der Waals surface area contributed by atoms with Crippen LogP contribution in [0, 0.1) is 0 Å². The Hall–Kier alpha value is -3.27. The van der Waals surface area contributed by atoms with Gasteiger partial charge in [0, 0.05) is 37.7 Å². The highest BCUT2D eigenvalue weighted by molar-refractivity contribution is 7.92. The molecule has 1 saturated heterocycles. The van der Waals surface area contributed by atoms with Gasteiger partial charge in [-0.2, -0.15) is 0 Å². The number of rotatable bonds is 7. The number of carbonyl (C=O) groups excluding carboxylic acids is 2. The summed E-state index contributed by atoms with van der Waals surface area (Å²) in [5.74, 6) is 0.582. The highest BCUT2D eigenvalue weighted by atomic mass is 32.2. The van der Waals surface area contributed by atoms with Crippen molar-refractivity contribution in [1.82, 2.24) is 10.2 Å². The predicted octanol–water partition coefficient (Wildman–Crippen LogP) is 1.96. The summed E-state index contributed by atoms with van der Waals surface area (Å²) in [6, 6.07) is 10.5. The van der Waals surface area contributed by atoms with E-state index < -0.39 is 15.9 Å². The molecule has 0 aromatic heterocycles. The number of amides is 2. The molecule has 9 nitrogen and oxygen atoms in total. The second-order valence-electron chi connectivity index (χ2n) is 7.30. The first-order chi connectivity index (χ1) is 14.9. The number of fused-ring (bicyclic) bond motifs is 1. The third-order valence-electron chi connectivity index (χ3n) is 5.11. The number of carbonyl (C=O) groups is 2. The van der Waals surface area contributed by atoms with E-state index in [0.717, 1.165) is 25.9 Å². The molecule has 0 bridgehead atoms. The van der Waals surface area contributed by atoms with E-state index in [4.69, 9.17) is 9.47 Å². The Labute approximate surface area is 180 Å². The van der Waals surface area contributed by atoms with Crippen molar-refractivity contribution in [3.63, 3.8) is 0 Å². The van der Waals surface area contributed by atoms with Crippen LogP contribution in [0.4, 0.5) is 5.69 Å². The zero-order valence-electron chi connectivity index (χ0n) is 16.8. The van der Waals surface area contributed by atoms with E-state index in [2.05, 4.69) is 10.0 Å². The zero-order valence-corrected chi connectivity index (χ0v) is 17.6. The normalized spacial score (nSPS) is 15.0. The van der Waals surface area contributed by atoms with Crippen LogP contribution in [0.1, 0.15) is 29.6 Å². The molecule has 4 rings (SSSR count). The van der Waals surface area contributed by atoms with Crippen molar-refractivity contribution in [1.29, 1.82) is 0 Å². The molecule has 2 aliphatic heterocycles. The highest BCUT2D eigenvalue weighted by Crippen LogP contribution is 2.34. The Bertz CT molecular complexity index is 1100. The van der Waals surface area contributed by atoms with E-state index >= 15 is 0 Å². The number of nitrogens with one attached hydrogen (secondary N) is 2. The van der Waals surface area contributed by atoms with Gasteiger partial charge in [0.05, 0.1) is 10.6 Å². The molecule has 2 amide bonds. The van der Waals surface area contributed by atoms with E-state index in [9.17, 15) is 18.0 Å². The molecule has 2 aromatic rings. The molecule has 0 saturated carbocycles. The number of benzene rings is 2. The van der Waals surface area contributed by atoms with Gasteiger partial charge in [0.2, 0.25) is 12.7 Å². The maximum absolute atomic E-state index is 12.8. The number of hydrogen-bond acceptors (Lipinski definition) is 6. The molecule has 0 unspecified atom stereocenters. The molecule has 0 aliphatic carbocycles. The fourth-order valence-corrected chi connectivity index (χ4v) is 4.58. The van der Waals surface area contributed by atoms with Crippen LogP contribution < -0.4 is 19.5 Å². The fraction of sp³-hybridized carbons (Fsp3) is 0.333. The molecule has 2 N–H and O–H groups in total. The van der Waals surface area contributed by atoms with Gasteiger partial charge in [-0.15, -0.1) is 0 Å². The Morgan fingerprint density at radius 3 is 2.58 bits per heavy atom. The van der Waals surface area contributed by atoms with Gasteiger partial charge in [-0.1, -0.05) is 6.07 Å². The highest BCUT2D eigenvalue weighted by Gasteiger charge is 2.20. The lowest BCUT2D eigenvalue weighted by molar-refractivity contribution is -0.129. The van der Waals surface area contributed by atoms with Crippen LogP contribution >= 0.6 is 0 Å². The number of hydrogen-bond donors (Lipinski definition) is 2. The summed E-state index contributed by atoms with van der Waals surface area (Å²) in [5, 5.41) is 2.68. The van der Waals surface area contributed by atoms with Gasteiger partial charge in [-0.05, 0) is 43.2 Å². The average molecular weight is 445 g/mol. The monoisotopic (exact) mass is 445 g/mol. The molecule has 0 atom stereocenters. The maximum atomic E-state index is 12.8. The number of anilines is 1. The van der Waals surface area contributed by atoms with Gasteiger partial charge < -0.3 is 19.7 Å². The molecule has 2 aliphatic rings. The van der Waals surface area contributed by atoms with E-state index in [-0.39, 0.29) is 36.1 Å². The lowest BCUT2D eigenvalue weighted by atomic mass is 10.2. The van der Waals surface area contributed by atoms with E-state index in [1.807, 2.05) is 0 Å². The quantitative estimate of drug-likeness (QED) is 0.674. The van der Waals surface area contributed by atoms with E-state index in [1.165, 1.54) is 30.3 Å². The summed E-state index contributed by atoms with van der Waals surface area (Å²) in [5.41, 5.74) is 0.515. The van der Waals surface area contributed by atoms with Gasteiger partial charge >= 0.3 is 0 Å². The third-order valence-corrected chi connectivity index (χ3v) is 6.49. The largest absolute Gasteiger partial charge is 0.454 e. The van der Waals surface area contributed by atoms with Crippen LogP contribution in [0.25, 0.3) is 0 Å². The molecule has 2 aromatic carbocycles. The minimum absolute atomic E-state index is 0.0158. The SMILES string of the molecule is O=C(NCCC(=O)N1CCCC1)c1cccc(S(=O)(=O)Nc2ccc3c(c2)OCO3)c1. The first kappa shape index (κ1) is 21.0. The Balaban J connectivity index is 1.38. The van der Waals surface area contributed by atoms with Crippen LogP contribution in [0.2, 0.25) is 0 Å². The molecule has 31 heavy (non-hydrogen) atoms. The summed E-state index contributed by atoms with van der Waals surface area (Å²) in [6.07, 6.45) is 2.24. The van der Waals surface area contributed by atoms with Gasteiger partial charge in [0.1, 0.15) is 0 Å². The second-order valence-corrected chi connectivity index (χ2v) is 8.98. The minimum atomic E-state index is -3.92. The molecule has 164 valence electrons. The van der Waals surface area contributed by atoms with E-state index in [1.54, 1.807) is 17.0 Å². The molecule has 1 fully saturated rings. The topological polar surface area (TPSA) is 114 Å². The summed E-state index contributed by atoms with van der Waals surface area (Å²) < 4.78 is 38.5. The minimum Gasteiger partial charge on any atom is -0.454 e. The second kappa shape index (κ2) is 8.84. The van der Waals surface area contributed by atoms with Crippen LogP contribution in [0.15, 0.2) is 47.4 Å². The molecule has 0 radical (unpaired) electrons. The lowest BCUT2D eigenvalue weighted by Crippen LogP contribution is -2.32. The fourth-order valence-electron chi connectivity index (χ4n) is 3.49. The van der Waals surface area contributed by atoms with Crippen molar-refractivity contribution >= 4 is 27.5 Å². The molecule has 2 heterocycles. The Morgan fingerprint density at radius 2 is 1.77 bits per heavy atom. The van der Waals surface area contributed by atoms with Crippen molar-refractivity contribution in [3.05, 3.63) is 48.0 Å². The molecule has 0 spiro atoms. The summed E-state index contributed by atoms with van der Waals surface area (Å²) in [4.78, 5) is 26.2. The van der Waals surface area contributed by atoms with Gasteiger partial charge in [-0.25, -0.2) is 8.42 Å². The van der Waals surface area contributed by atoms with Crippen LogP contribution in [-0.4, -0.2) is 51.6 Å². The predicted molar refractivity (Wildman–Crippen MR) is 113 cm³/mol. The van der Waals surface area contributed by atoms with Crippen molar-refractivity contribution < 1.29 is 27.5 Å². The standard InChI is InChI=1S/C21H23N3O6S/c25-20(24-10-1-2-11-24)8-9-22-21(26)15-4-3-5-17(12-15)31(27,28)23-16-6-7-18-19(13-16)30-14-29-18/h3-7,12-13,23H,1-2,8-11,14H2,(H,22,26). The Morgan fingerprint density at radius 1 is 1.00 bits per heavy atom. The third kappa shape index (κ3) is 4.91. The summed E-state index contributed by atoms with van der Waals surface area (Å²) in [6.45, 7) is 1.82. The number of likely N-dealkylation sites (tertiary alicyclic amines) is 1. The number of sulfonamides is 1.